The summed E-state index contributed by atoms with van der Waals surface area (Å²) in [6.45, 7) is 4.47. The van der Waals surface area contributed by atoms with Crippen molar-refractivity contribution in [2.24, 2.45) is 34.3 Å². The van der Waals surface area contributed by atoms with Gasteiger partial charge in [0.2, 0.25) is 5.91 Å². The quantitative estimate of drug-likeness (QED) is 0.714. The third-order valence-electron chi connectivity index (χ3n) is 9.05. The van der Waals surface area contributed by atoms with Crippen LogP contribution in [0.2, 0.25) is 0 Å². The van der Waals surface area contributed by atoms with E-state index in [9.17, 15) is 19.5 Å². The minimum absolute atomic E-state index is 0.0974. The third-order valence-corrected chi connectivity index (χ3v) is 10.0. The van der Waals surface area contributed by atoms with Gasteiger partial charge in [0.15, 0.2) is 11.6 Å². The van der Waals surface area contributed by atoms with Crippen LogP contribution in [-0.2, 0) is 14.4 Å². The van der Waals surface area contributed by atoms with E-state index in [1.807, 2.05) is 6.08 Å². The number of thioether (sulfide) groups is 1. The van der Waals surface area contributed by atoms with Crippen LogP contribution in [0.25, 0.3) is 0 Å². The van der Waals surface area contributed by atoms with E-state index in [-0.39, 0.29) is 28.5 Å². The van der Waals surface area contributed by atoms with E-state index in [0.717, 1.165) is 38.5 Å². The number of allylic oxidation sites excluding steroid dienone is 1. The molecule has 3 N–H and O–H groups in total. The Labute approximate surface area is 177 Å². The predicted molar refractivity (Wildman–Crippen MR) is 113 cm³/mol. The van der Waals surface area contributed by atoms with Crippen molar-refractivity contribution in [3.8, 4) is 0 Å². The second-order valence-electron chi connectivity index (χ2n) is 10.2. The van der Waals surface area contributed by atoms with Gasteiger partial charge in [-0.25, -0.2) is 0 Å². The number of carbonyl (C=O) groups is 3. The van der Waals surface area contributed by atoms with Crippen LogP contribution in [0.1, 0.15) is 65.2 Å². The third kappa shape index (κ3) is 3.13. The molecule has 0 spiro atoms. The fraction of sp³-hybridized carbons (Fsp3) is 0.783. The van der Waals surface area contributed by atoms with Crippen LogP contribution in [0.15, 0.2) is 11.6 Å². The highest BCUT2D eigenvalue weighted by molar-refractivity contribution is 8.00. The standard InChI is InChI=1S/C23H33NO4S/c1-21-8-5-15(25)11-14(21)3-4-16-17(21)6-9-22(2)18(16)7-10-23(22,28)19(26)12-29-13-20(24)27/h11,16-18,28H,3-10,12-13H2,1-2H3,(H2,24,27)/t16-,17+,18+,21-,22-,23-/m0/s1. The van der Waals surface area contributed by atoms with Crippen molar-refractivity contribution in [2.45, 2.75) is 70.8 Å². The number of fused-ring (bicyclic) bond motifs is 5. The van der Waals surface area contributed by atoms with Gasteiger partial charge in [0, 0.05) is 11.8 Å². The van der Waals surface area contributed by atoms with Gasteiger partial charge < -0.3 is 10.8 Å². The number of primary amides is 1. The molecule has 3 fully saturated rings. The number of rotatable bonds is 5. The second kappa shape index (κ2) is 7.23. The molecule has 5 nitrogen and oxygen atoms in total. The summed E-state index contributed by atoms with van der Waals surface area (Å²) >= 11 is 1.21. The van der Waals surface area contributed by atoms with Crippen molar-refractivity contribution in [3.05, 3.63) is 11.6 Å². The topological polar surface area (TPSA) is 97.5 Å². The first-order chi connectivity index (χ1) is 13.6. The van der Waals surface area contributed by atoms with Crippen LogP contribution in [0.3, 0.4) is 0 Å². The Morgan fingerprint density at radius 3 is 2.55 bits per heavy atom. The molecule has 4 rings (SSSR count). The zero-order valence-electron chi connectivity index (χ0n) is 17.5. The average Bonchev–Trinajstić information content (AvgIpc) is 2.94. The fourth-order valence-corrected chi connectivity index (χ4v) is 8.12. The summed E-state index contributed by atoms with van der Waals surface area (Å²) in [6.07, 6.45) is 8.77. The van der Waals surface area contributed by atoms with E-state index in [0.29, 0.717) is 30.6 Å². The summed E-state index contributed by atoms with van der Waals surface area (Å²) in [5, 5.41) is 11.6. The van der Waals surface area contributed by atoms with Crippen molar-refractivity contribution in [1.29, 1.82) is 0 Å². The Bertz CT molecular complexity index is 779. The zero-order chi connectivity index (χ0) is 21.0. The van der Waals surface area contributed by atoms with Crippen molar-refractivity contribution in [1.82, 2.24) is 0 Å². The highest BCUT2D eigenvalue weighted by Gasteiger charge is 2.65. The Morgan fingerprint density at radius 1 is 1.10 bits per heavy atom. The van der Waals surface area contributed by atoms with E-state index in [1.165, 1.54) is 17.3 Å². The lowest BCUT2D eigenvalue weighted by Crippen LogP contribution is -2.58. The van der Waals surface area contributed by atoms with Crippen molar-refractivity contribution in [3.63, 3.8) is 0 Å². The van der Waals surface area contributed by atoms with Gasteiger partial charge in [-0.05, 0) is 74.2 Å². The lowest BCUT2D eigenvalue weighted by molar-refractivity contribution is -0.159. The Balaban J connectivity index is 1.56. The molecule has 6 atom stereocenters. The van der Waals surface area contributed by atoms with Crippen LogP contribution < -0.4 is 5.73 Å². The summed E-state index contributed by atoms with van der Waals surface area (Å²) in [4.78, 5) is 36.0. The molecule has 0 aliphatic heterocycles. The molecule has 4 aliphatic rings. The van der Waals surface area contributed by atoms with Gasteiger partial charge in [-0.15, -0.1) is 11.8 Å². The number of carbonyl (C=O) groups excluding carboxylic acids is 3. The number of aliphatic hydroxyl groups is 1. The number of nitrogens with two attached hydrogens (primary N) is 1. The van der Waals surface area contributed by atoms with Crippen LogP contribution >= 0.6 is 11.8 Å². The predicted octanol–water partition coefficient (Wildman–Crippen LogP) is 3.04. The molecule has 160 valence electrons. The van der Waals surface area contributed by atoms with Crippen LogP contribution in [0.4, 0.5) is 0 Å². The van der Waals surface area contributed by atoms with Gasteiger partial charge in [0.25, 0.3) is 0 Å². The van der Waals surface area contributed by atoms with Gasteiger partial charge in [-0.1, -0.05) is 19.4 Å². The average molecular weight is 420 g/mol. The van der Waals surface area contributed by atoms with Gasteiger partial charge in [0.05, 0.1) is 11.5 Å². The van der Waals surface area contributed by atoms with E-state index < -0.39 is 16.9 Å². The highest BCUT2D eigenvalue weighted by atomic mass is 32.2. The van der Waals surface area contributed by atoms with Crippen molar-refractivity contribution >= 4 is 29.2 Å². The minimum atomic E-state index is -1.30. The molecule has 0 aromatic rings. The molecule has 29 heavy (non-hydrogen) atoms. The van der Waals surface area contributed by atoms with Gasteiger partial charge in [-0.3, -0.25) is 14.4 Å². The number of hydrogen-bond acceptors (Lipinski definition) is 5. The second-order valence-corrected chi connectivity index (χ2v) is 11.2. The van der Waals surface area contributed by atoms with Gasteiger partial charge in [-0.2, -0.15) is 0 Å². The molecular formula is C23H33NO4S. The normalized spacial score (nSPS) is 43.8. The molecule has 0 aromatic carbocycles. The number of hydrogen-bond donors (Lipinski definition) is 2. The first-order valence-electron chi connectivity index (χ1n) is 11.0. The van der Waals surface area contributed by atoms with Crippen molar-refractivity contribution in [2.75, 3.05) is 11.5 Å². The van der Waals surface area contributed by atoms with E-state index in [2.05, 4.69) is 13.8 Å². The molecule has 3 saturated carbocycles. The molecule has 4 aliphatic carbocycles. The monoisotopic (exact) mass is 419 g/mol. The summed E-state index contributed by atoms with van der Waals surface area (Å²) in [5.41, 5.74) is 4.92. The van der Waals surface area contributed by atoms with Gasteiger partial charge >= 0.3 is 0 Å². The Hall–Kier alpha value is -1.14. The first kappa shape index (κ1) is 21.1. The molecule has 0 radical (unpaired) electrons. The SMILES string of the molecule is C[C@]12CCC(=O)C=C1CC[C@H]1[C@H]2CC[C@@]2(C)[C@@H]1CC[C@]2(O)C(=O)CSCC(N)=O. The minimum Gasteiger partial charge on any atom is -0.381 e. The summed E-state index contributed by atoms with van der Waals surface area (Å²) in [5.74, 6) is 1.33. The smallest absolute Gasteiger partial charge is 0.227 e. The van der Waals surface area contributed by atoms with E-state index in [4.69, 9.17) is 5.73 Å². The fourth-order valence-electron chi connectivity index (χ4n) is 7.40. The van der Waals surface area contributed by atoms with Crippen molar-refractivity contribution < 1.29 is 19.5 Å². The molecule has 0 aromatic heterocycles. The van der Waals surface area contributed by atoms with Crippen LogP contribution in [-0.4, -0.2) is 39.7 Å². The number of amides is 1. The number of Topliss-reactive ketones (excluding diaryl/α,β-unsaturated/α-hetero) is 1. The molecule has 0 bridgehead atoms. The first-order valence-corrected chi connectivity index (χ1v) is 12.1. The lowest BCUT2D eigenvalue weighted by Gasteiger charge is -2.58. The molecule has 0 saturated heterocycles. The highest BCUT2D eigenvalue weighted by Crippen LogP contribution is 2.67. The maximum absolute atomic E-state index is 13.0. The van der Waals surface area contributed by atoms with Gasteiger partial charge in [0.1, 0.15) is 5.60 Å². The maximum atomic E-state index is 13.0. The van der Waals surface area contributed by atoms with Crippen LogP contribution in [0.5, 0.6) is 0 Å². The van der Waals surface area contributed by atoms with E-state index in [1.54, 1.807) is 0 Å². The van der Waals surface area contributed by atoms with Crippen LogP contribution in [0, 0.1) is 28.6 Å². The molecule has 6 heteroatoms. The molecule has 0 unspecified atom stereocenters. The largest absolute Gasteiger partial charge is 0.381 e. The maximum Gasteiger partial charge on any atom is 0.227 e. The Kier molecular flexibility index (Phi) is 5.26. The summed E-state index contributed by atoms with van der Waals surface area (Å²) < 4.78 is 0. The molecule has 0 heterocycles. The molecular weight excluding hydrogens is 386 g/mol. The zero-order valence-corrected chi connectivity index (χ0v) is 18.4. The summed E-state index contributed by atoms with van der Waals surface area (Å²) in [6, 6.07) is 0. The molecule has 1 amide bonds. The van der Waals surface area contributed by atoms with E-state index >= 15 is 0 Å². The Morgan fingerprint density at radius 2 is 1.83 bits per heavy atom. The number of ketones is 2. The summed E-state index contributed by atoms with van der Waals surface area (Å²) in [7, 11) is 0. The lowest BCUT2D eigenvalue weighted by atomic mass is 9.46.